The Morgan fingerprint density at radius 2 is 1.89 bits per heavy atom. The summed E-state index contributed by atoms with van der Waals surface area (Å²) >= 11 is 0. The second-order valence-electron chi connectivity index (χ2n) is 5.55. The van der Waals surface area contributed by atoms with E-state index in [9.17, 15) is 4.79 Å². The molecule has 0 aromatic heterocycles. The maximum Gasteiger partial charge on any atom is 0.238 e. The van der Waals surface area contributed by atoms with E-state index in [1.807, 2.05) is 18.2 Å². The van der Waals surface area contributed by atoms with E-state index in [4.69, 9.17) is 5.73 Å². The Labute approximate surface area is 116 Å². The number of nitrogens with one attached hydrogen (secondary N) is 1. The molecule has 0 atom stereocenters. The quantitative estimate of drug-likeness (QED) is 0.776. The SMILES string of the molecule is CC(C)CN(CC(=O)Nc1ccccc1N)C(C)C. The van der Waals surface area contributed by atoms with Crippen LogP contribution in [0.3, 0.4) is 0 Å². The number of carbonyl (C=O) groups excluding carboxylic acids is 1. The lowest BCUT2D eigenvalue weighted by molar-refractivity contribution is -0.117. The van der Waals surface area contributed by atoms with E-state index in [0.29, 0.717) is 29.9 Å². The first-order valence-electron chi connectivity index (χ1n) is 6.78. The van der Waals surface area contributed by atoms with Gasteiger partial charge >= 0.3 is 0 Å². The van der Waals surface area contributed by atoms with Gasteiger partial charge in [0.2, 0.25) is 5.91 Å². The molecule has 0 aliphatic carbocycles. The molecule has 0 saturated heterocycles. The fourth-order valence-electron chi connectivity index (χ4n) is 1.91. The van der Waals surface area contributed by atoms with Gasteiger partial charge in [-0.05, 0) is 31.9 Å². The molecule has 0 spiro atoms. The zero-order valence-electron chi connectivity index (χ0n) is 12.3. The molecule has 3 N–H and O–H groups in total. The number of nitrogen functional groups attached to an aromatic ring is 1. The van der Waals surface area contributed by atoms with Gasteiger partial charge in [0.05, 0.1) is 17.9 Å². The third kappa shape index (κ3) is 5.30. The van der Waals surface area contributed by atoms with Crippen LogP contribution in [0, 0.1) is 5.92 Å². The molecule has 1 aromatic rings. The Kier molecular flexibility index (Phi) is 5.83. The summed E-state index contributed by atoms with van der Waals surface area (Å²) in [7, 11) is 0. The van der Waals surface area contributed by atoms with Crippen molar-refractivity contribution in [1.82, 2.24) is 4.90 Å². The first-order valence-corrected chi connectivity index (χ1v) is 6.78. The van der Waals surface area contributed by atoms with Crippen molar-refractivity contribution in [3.63, 3.8) is 0 Å². The lowest BCUT2D eigenvalue weighted by Gasteiger charge is -2.27. The van der Waals surface area contributed by atoms with Crippen LogP contribution in [0.5, 0.6) is 0 Å². The van der Waals surface area contributed by atoms with E-state index in [2.05, 4.69) is 37.9 Å². The van der Waals surface area contributed by atoms with Gasteiger partial charge in [-0.2, -0.15) is 0 Å². The molecule has 4 nitrogen and oxygen atoms in total. The molecule has 0 aliphatic heterocycles. The molecule has 0 fully saturated rings. The first-order chi connectivity index (χ1) is 8.90. The molecule has 4 heteroatoms. The van der Waals surface area contributed by atoms with Gasteiger partial charge in [-0.1, -0.05) is 26.0 Å². The summed E-state index contributed by atoms with van der Waals surface area (Å²) in [5.41, 5.74) is 7.09. The monoisotopic (exact) mass is 263 g/mol. The van der Waals surface area contributed by atoms with E-state index in [1.165, 1.54) is 0 Å². The number of benzene rings is 1. The first kappa shape index (κ1) is 15.5. The van der Waals surface area contributed by atoms with Crippen LogP contribution in [0.15, 0.2) is 24.3 Å². The van der Waals surface area contributed by atoms with Crippen molar-refractivity contribution < 1.29 is 4.79 Å². The molecule has 0 radical (unpaired) electrons. The van der Waals surface area contributed by atoms with Gasteiger partial charge in [-0.25, -0.2) is 0 Å². The second kappa shape index (κ2) is 7.14. The summed E-state index contributed by atoms with van der Waals surface area (Å²) in [5, 5.41) is 2.86. The number of carbonyl (C=O) groups is 1. The van der Waals surface area contributed by atoms with Crippen molar-refractivity contribution in [2.24, 2.45) is 5.92 Å². The van der Waals surface area contributed by atoms with Crippen molar-refractivity contribution >= 4 is 17.3 Å². The molecule has 1 rings (SSSR count). The molecule has 0 unspecified atom stereocenters. The Hall–Kier alpha value is -1.55. The third-order valence-electron chi connectivity index (χ3n) is 2.91. The Morgan fingerprint density at radius 1 is 1.26 bits per heavy atom. The highest BCUT2D eigenvalue weighted by atomic mass is 16.2. The zero-order chi connectivity index (χ0) is 14.4. The van der Waals surface area contributed by atoms with Crippen LogP contribution in [0.2, 0.25) is 0 Å². The van der Waals surface area contributed by atoms with Gasteiger partial charge < -0.3 is 11.1 Å². The summed E-state index contributed by atoms with van der Waals surface area (Å²) in [5.74, 6) is 0.518. The average molecular weight is 263 g/mol. The highest BCUT2D eigenvalue weighted by molar-refractivity contribution is 5.95. The number of anilines is 2. The molecular weight excluding hydrogens is 238 g/mol. The number of amides is 1. The molecular formula is C15H25N3O. The van der Waals surface area contributed by atoms with Gasteiger partial charge in [0.1, 0.15) is 0 Å². The van der Waals surface area contributed by atoms with Crippen LogP contribution >= 0.6 is 0 Å². The third-order valence-corrected chi connectivity index (χ3v) is 2.91. The average Bonchev–Trinajstić information content (AvgIpc) is 2.30. The normalized spacial score (nSPS) is 11.3. The second-order valence-corrected chi connectivity index (χ2v) is 5.55. The van der Waals surface area contributed by atoms with Gasteiger partial charge in [0.15, 0.2) is 0 Å². The van der Waals surface area contributed by atoms with Crippen LogP contribution in [0.25, 0.3) is 0 Å². The Bertz CT molecular complexity index is 416. The Morgan fingerprint density at radius 3 is 2.42 bits per heavy atom. The molecule has 1 aromatic carbocycles. The number of nitrogens with zero attached hydrogens (tertiary/aromatic N) is 1. The topological polar surface area (TPSA) is 58.4 Å². The number of para-hydroxylation sites is 2. The van der Waals surface area contributed by atoms with E-state index >= 15 is 0 Å². The van der Waals surface area contributed by atoms with Crippen molar-refractivity contribution in [3.05, 3.63) is 24.3 Å². The molecule has 1 amide bonds. The van der Waals surface area contributed by atoms with Crippen molar-refractivity contribution in [3.8, 4) is 0 Å². The molecule has 0 saturated carbocycles. The van der Waals surface area contributed by atoms with E-state index in [-0.39, 0.29) is 5.91 Å². The van der Waals surface area contributed by atoms with E-state index in [1.54, 1.807) is 6.07 Å². The molecule has 0 aliphatic rings. The molecule has 19 heavy (non-hydrogen) atoms. The van der Waals surface area contributed by atoms with Gasteiger partial charge in [0.25, 0.3) is 0 Å². The number of rotatable bonds is 6. The number of nitrogens with two attached hydrogens (primary N) is 1. The summed E-state index contributed by atoms with van der Waals surface area (Å²) in [4.78, 5) is 14.2. The summed E-state index contributed by atoms with van der Waals surface area (Å²) in [6, 6.07) is 7.66. The summed E-state index contributed by atoms with van der Waals surface area (Å²) in [6.45, 7) is 9.82. The molecule has 106 valence electrons. The van der Waals surface area contributed by atoms with E-state index < -0.39 is 0 Å². The predicted octanol–water partition coefficient (Wildman–Crippen LogP) is 2.57. The van der Waals surface area contributed by atoms with Crippen molar-refractivity contribution in [2.45, 2.75) is 33.7 Å². The van der Waals surface area contributed by atoms with Crippen LogP contribution in [-0.2, 0) is 4.79 Å². The molecule has 0 heterocycles. The van der Waals surface area contributed by atoms with Gasteiger partial charge in [0, 0.05) is 12.6 Å². The summed E-state index contributed by atoms with van der Waals surface area (Å²) in [6.07, 6.45) is 0. The van der Waals surface area contributed by atoms with Crippen LogP contribution in [0.4, 0.5) is 11.4 Å². The minimum atomic E-state index is -0.0211. The molecule has 0 bridgehead atoms. The lowest BCUT2D eigenvalue weighted by atomic mass is 10.2. The zero-order valence-corrected chi connectivity index (χ0v) is 12.3. The van der Waals surface area contributed by atoms with Crippen LogP contribution < -0.4 is 11.1 Å². The lowest BCUT2D eigenvalue weighted by Crippen LogP contribution is -2.40. The van der Waals surface area contributed by atoms with Crippen molar-refractivity contribution in [2.75, 3.05) is 24.1 Å². The van der Waals surface area contributed by atoms with Crippen molar-refractivity contribution in [1.29, 1.82) is 0 Å². The summed E-state index contributed by atoms with van der Waals surface area (Å²) < 4.78 is 0. The van der Waals surface area contributed by atoms with Crippen LogP contribution in [-0.4, -0.2) is 29.9 Å². The highest BCUT2D eigenvalue weighted by Gasteiger charge is 2.15. The highest BCUT2D eigenvalue weighted by Crippen LogP contribution is 2.16. The standard InChI is InChI=1S/C15H25N3O/c1-11(2)9-18(12(3)4)10-15(19)17-14-8-6-5-7-13(14)16/h5-8,11-12H,9-10,16H2,1-4H3,(H,17,19). The maximum absolute atomic E-state index is 12.1. The fourth-order valence-corrected chi connectivity index (χ4v) is 1.91. The minimum absolute atomic E-state index is 0.0211. The minimum Gasteiger partial charge on any atom is -0.397 e. The Balaban J connectivity index is 2.60. The van der Waals surface area contributed by atoms with Crippen LogP contribution in [0.1, 0.15) is 27.7 Å². The van der Waals surface area contributed by atoms with E-state index in [0.717, 1.165) is 6.54 Å². The van der Waals surface area contributed by atoms with Gasteiger partial charge in [-0.15, -0.1) is 0 Å². The fraction of sp³-hybridized carbons (Fsp3) is 0.533. The predicted molar refractivity (Wildman–Crippen MR) is 81.0 cm³/mol. The number of hydrogen-bond acceptors (Lipinski definition) is 3. The number of hydrogen-bond donors (Lipinski definition) is 2. The smallest absolute Gasteiger partial charge is 0.238 e. The van der Waals surface area contributed by atoms with Gasteiger partial charge in [-0.3, -0.25) is 9.69 Å². The largest absolute Gasteiger partial charge is 0.397 e. The maximum atomic E-state index is 12.1.